The summed E-state index contributed by atoms with van der Waals surface area (Å²) in [6, 6.07) is 3.86. The fourth-order valence-electron chi connectivity index (χ4n) is 2.72. The maximum Gasteiger partial charge on any atom is 0.230 e. The molecule has 0 saturated carbocycles. The predicted molar refractivity (Wildman–Crippen MR) is 98.0 cm³/mol. The molecule has 0 aromatic heterocycles. The highest BCUT2D eigenvalue weighted by Gasteiger charge is 2.25. The monoisotopic (exact) mass is 375 g/mol. The van der Waals surface area contributed by atoms with Crippen molar-refractivity contribution in [1.29, 1.82) is 0 Å². The number of carbonyl (C=O) groups excluding carboxylic acids is 6. The zero-order chi connectivity index (χ0) is 21.0. The highest BCUT2D eigenvalue weighted by Crippen LogP contribution is 2.31. The first kappa shape index (κ1) is 21.7. The summed E-state index contributed by atoms with van der Waals surface area (Å²) in [5, 5.41) is 0. The van der Waals surface area contributed by atoms with Gasteiger partial charge in [-0.1, -0.05) is 0 Å². The van der Waals surface area contributed by atoms with Gasteiger partial charge in [0.2, 0.25) is 35.4 Å². The van der Waals surface area contributed by atoms with E-state index in [2.05, 4.69) is 0 Å². The van der Waals surface area contributed by atoms with Gasteiger partial charge in [-0.3, -0.25) is 43.5 Å². The van der Waals surface area contributed by atoms with Crippen molar-refractivity contribution in [1.82, 2.24) is 0 Å². The van der Waals surface area contributed by atoms with E-state index in [-0.39, 0.29) is 17.1 Å². The van der Waals surface area contributed by atoms with Crippen LogP contribution in [0.4, 0.5) is 17.1 Å². The summed E-state index contributed by atoms with van der Waals surface area (Å²) in [7, 11) is 0. The molecule has 0 N–H and O–H groups in total. The zero-order valence-corrected chi connectivity index (χ0v) is 16.0. The maximum absolute atomic E-state index is 11.9. The minimum absolute atomic E-state index is 0.0162. The second-order valence-electron chi connectivity index (χ2n) is 5.83. The Morgan fingerprint density at radius 2 is 0.593 bits per heavy atom. The smallest absolute Gasteiger partial charge is 0.230 e. The number of amides is 6. The summed E-state index contributed by atoms with van der Waals surface area (Å²) in [4.78, 5) is 73.8. The molecule has 144 valence electrons. The minimum Gasteiger partial charge on any atom is -0.274 e. The molecule has 27 heavy (non-hydrogen) atoms. The molecular weight excluding hydrogens is 354 g/mol. The lowest BCUT2D eigenvalue weighted by molar-refractivity contribution is -0.125. The van der Waals surface area contributed by atoms with Crippen LogP contribution in [0.25, 0.3) is 0 Å². The van der Waals surface area contributed by atoms with E-state index < -0.39 is 35.4 Å². The van der Waals surface area contributed by atoms with Gasteiger partial charge in [-0.25, -0.2) is 0 Å². The van der Waals surface area contributed by atoms with E-state index in [1.807, 2.05) is 0 Å². The number of hydrogen-bond acceptors (Lipinski definition) is 6. The van der Waals surface area contributed by atoms with Crippen molar-refractivity contribution >= 4 is 52.5 Å². The van der Waals surface area contributed by atoms with Crippen LogP contribution in [0.15, 0.2) is 18.2 Å². The molecule has 0 saturated heterocycles. The normalized spacial score (nSPS) is 10.0. The van der Waals surface area contributed by atoms with E-state index >= 15 is 0 Å². The molecule has 0 unspecified atom stereocenters. The molecule has 0 fully saturated rings. The van der Waals surface area contributed by atoms with E-state index in [1.165, 1.54) is 18.2 Å². The third-order valence-corrected chi connectivity index (χ3v) is 3.55. The molecule has 0 radical (unpaired) electrons. The van der Waals surface area contributed by atoms with E-state index in [0.29, 0.717) is 0 Å². The number of imide groups is 3. The SMILES string of the molecule is CC(=O)N(C(C)=O)c1cc(N(C(C)=O)C(C)=O)cc(N(C(C)=O)C(C)=O)c1. The Morgan fingerprint density at radius 1 is 0.444 bits per heavy atom. The van der Waals surface area contributed by atoms with E-state index in [0.717, 1.165) is 56.2 Å². The number of benzene rings is 1. The fourth-order valence-corrected chi connectivity index (χ4v) is 2.72. The number of anilines is 3. The van der Waals surface area contributed by atoms with Crippen molar-refractivity contribution in [3.05, 3.63) is 18.2 Å². The van der Waals surface area contributed by atoms with Gasteiger partial charge < -0.3 is 0 Å². The molecule has 1 aromatic carbocycles. The lowest BCUT2D eigenvalue weighted by atomic mass is 10.1. The van der Waals surface area contributed by atoms with Crippen LogP contribution in [0.3, 0.4) is 0 Å². The number of carbonyl (C=O) groups is 6. The van der Waals surface area contributed by atoms with E-state index in [4.69, 9.17) is 0 Å². The van der Waals surface area contributed by atoms with Crippen LogP contribution in [0.5, 0.6) is 0 Å². The van der Waals surface area contributed by atoms with Gasteiger partial charge in [0.05, 0.1) is 17.1 Å². The summed E-state index contributed by atoms with van der Waals surface area (Å²) in [5.74, 6) is -3.67. The molecule has 0 aliphatic rings. The van der Waals surface area contributed by atoms with Crippen LogP contribution >= 0.6 is 0 Å². The quantitative estimate of drug-likeness (QED) is 0.789. The second-order valence-corrected chi connectivity index (χ2v) is 5.83. The molecule has 9 heteroatoms. The average molecular weight is 375 g/mol. The minimum atomic E-state index is -0.611. The van der Waals surface area contributed by atoms with Gasteiger partial charge in [-0.05, 0) is 18.2 Å². The predicted octanol–water partition coefficient (Wildman–Crippen LogP) is 1.38. The lowest BCUT2D eigenvalue weighted by Gasteiger charge is -2.25. The molecule has 0 atom stereocenters. The van der Waals surface area contributed by atoms with Crippen molar-refractivity contribution in [3.63, 3.8) is 0 Å². The Bertz CT molecular complexity index is 682. The Hall–Kier alpha value is -3.36. The van der Waals surface area contributed by atoms with Gasteiger partial charge in [0, 0.05) is 41.5 Å². The van der Waals surface area contributed by atoms with Crippen molar-refractivity contribution < 1.29 is 28.8 Å². The number of rotatable bonds is 3. The van der Waals surface area contributed by atoms with Crippen LogP contribution in [0.1, 0.15) is 41.5 Å². The second kappa shape index (κ2) is 8.35. The van der Waals surface area contributed by atoms with Crippen molar-refractivity contribution in [2.24, 2.45) is 0 Å². The third kappa shape index (κ3) is 4.84. The van der Waals surface area contributed by atoms with E-state index in [9.17, 15) is 28.8 Å². The summed E-state index contributed by atoms with van der Waals surface area (Å²) in [6.45, 7) is 6.97. The summed E-state index contributed by atoms with van der Waals surface area (Å²) in [5.41, 5.74) is 0.0486. The summed E-state index contributed by atoms with van der Waals surface area (Å²) in [6.07, 6.45) is 0. The van der Waals surface area contributed by atoms with Crippen LogP contribution in [-0.4, -0.2) is 35.4 Å². The summed E-state index contributed by atoms with van der Waals surface area (Å²) < 4.78 is 0. The van der Waals surface area contributed by atoms with Gasteiger partial charge in [-0.2, -0.15) is 0 Å². The largest absolute Gasteiger partial charge is 0.274 e. The van der Waals surface area contributed by atoms with Gasteiger partial charge in [0.25, 0.3) is 0 Å². The molecule has 0 bridgehead atoms. The highest BCUT2D eigenvalue weighted by atomic mass is 16.2. The topological polar surface area (TPSA) is 112 Å². The Labute approximate surface area is 156 Å². The Kier molecular flexibility index (Phi) is 6.70. The van der Waals surface area contributed by atoms with Crippen molar-refractivity contribution in [2.75, 3.05) is 14.7 Å². The first-order valence-corrected chi connectivity index (χ1v) is 7.97. The van der Waals surface area contributed by atoms with E-state index in [1.54, 1.807) is 0 Å². The zero-order valence-electron chi connectivity index (χ0n) is 16.0. The maximum atomic E-state index is 11.9. The Balaban J connectivity index is 3.84. The van der Waals surface area contributed by atoms with Crippen LogP contribution in [-0.2, 0) is 28.8 Å². The van der Waals surface area contributed by atoms with Gasteiger partial charge in [0.15, 0.2) is 0 Å². The Morgan fingerprint density at radius 3 is 0.704 bits per heavy atom. The molecule has 0 aliphatic carbocycles. The van der Waals surface area contributed by atoms with Gasteiger partial charge in [-0.15, -0.1) is 0 Å². The first-order valence-electron chi connectivity index (χ1n) is 7.97. The van der Waals surface area contributed by atoms with Crippen LogP contribution in [0, 0.1) is 0 Å². The molecule has 0 spiro atoms. The highest BCUT2D eigenvalue weighted by molar-refractivity contribution is 6.18. The van der Waals surface area contributed by atoms with Crippen LogP contribution < -0.4 is 14.7 Å². The standard InChI is InChI=1S/C18H21N3O6/c1-10(22)19(11(2)23)16-7-17(20(12(3)24)13(4)25)9-18(8-16)21(14(5)26)15(6)27/h7-9H,1-6H3. The average Bonchev–Trinajstić information content (AvgIpc) is 2.44. The molecule has 6 amide bonds. The molecule has 1 rings (SSSR count). The fraction of sp³-hybridized carbons (Fsp3) is 0.333. The van der Waals surface area contributed by atoms with Crippen molar-refractivity contribution in [2.45, 2.75) is 41.5 Å². The molecule has 1 aromatic rings. The number of hydrogen-bond donors (Lipinski definition) is 0. The van der Waals surface area contributed by atoms with Gasteiger partial charge in [0.1, 0.15) is 0 Å². The van der Waals surface area contributed by atoms with Crippen molar-refractivity contribution in [3.8, 4) is 0 Å². The summed E-state index contributed by atoms with van der Waals surface area (Å²) >= 11 is 0. The lowest BCUT2D eigenvalue weighted by Crippen LogP contribution is -2.37. The number of nitrogens with zero attached hydrogens (tertiary/aromatic N) is 3. The van der Waals surface area contributed by atoms with Gasteiger partial charge >= 0.3 is 0 Å². The molecular formula is C18H21N3O6. The third-order valence-electron chi connectivity index (χ3n) is 3.55. The molecule has 9 nitrogen and oxygen atoms in total. The molecule has 0 aliphatic heterocycles. The van der Waals surface area contributed by atoms with Crippen LogP contribution in [0.2, 0.25) is 0 Å². The first-order chi connectivity index (χ1) is 12.4. The molecule has 0 heterocycles.